The molecule has 3 heterocycles. The summed E-state index contributed by atoms with van der Waals surface area (Å²) in [5.74, 6) is -0.176. The van der Waals surface area contributed by atoms with Crippen LogP contribution in [0.25, 0.3) is 11.3 Å². The van der Waals surface area contributed by atoms with E-state index in [9.17, 15) is 4.79 Å². The van der Waals surface area contributed by atoms with Crippen LogP contribution in [0.1, 0.15) is 29.0 Å². The molecule has 25 heavy (non-hydrogen) atoms. The van der Waals surface area contributed by atoms with Gasteiger partial charge in [0.05, 0.1) is 17.9 Å². The molecule has 4 rings (SSSR count). The number of rotatable bonds is 5. The van der Waals surface area contributed by atoms with Gasteiger partial charge in [-0.05, 0) is 18.9 Å². The zero-order valence-electron chi connectivity index (χ0n) is 13.7. The van der Waals surface area contributed by atoms with Crippen molar-refractivity contribution in [2.24, 2.45) is 0 Å². The van der Waals surface area contributed by atoms with Crippen LogP contribution in [0.5, 0.6) is 0 Å². The number of amides is 1. The Morgan fingerprint density at radius 2 is 2.04 bits per heavy atom. The van der Waals surface area contributed by atoms with Gasteiger partial charge in [-0.3, -0.25) is 9.89 Å². The molecular formula is C18H19N5OS. The highest BCUT2D eigenvalue weighted by atomic mass is 32.1. The van der Waals surface area contributed by atoms with E-state index in [0.29, 0.717) is 12.2 Å². The van der Waals surface area contributed by atoms with Crippen LogP contribution >= 0.6 is 11.3 Å². The lowest BCUT2D eigenvalue weighted by molar-refractivity contribution is 0.0945. The van der Waals surface area contributed by atoms with E-state index in [0.717, 1.165) is 35.2 Å². The lowest BCUT2D eigenvalue weighted by Gasteiger charge is -2.12. The second-order valence-electron chi connectivity index (χ2n) is 6.03. The summed E-state index contributed by atoms with van der Waals surface area (Å²) in [6.07, 6.45) is 2.46. The highest BCUT2D eigenvalue weighted by Gasteiger charge is 2.16. The van der Waals surface area contributed by atoms with Crippen molar-refractivity contribution in [1.82, 2.24) is 20.5 Å². The molecule has 2 aromatic heterocycles. The third-order valence-electron chi connectivity index (χ3n) is 4.24. The summed E-state index contributed by atoms with van der Waals surface area (Å²) < 4.78 is 0. The summed E-state index contributed by atoms with van der Waals surface area (Å²) in [7, 11) is 0. The van der Waals surface area contributed by atoms with E-state index < -0.39 is 0 Å². The maximum atomic E-state index is 12.3. The van der Waals surface area contributed by atoms with Gasteiger partial charge in [0.1, 0.15) is 5.69 Å². The standard InChI is InChI=1S/C18H19N5OS/c24-17(16-10-15(21-22-16)13-6-2-1-3-7-13)19-11-14-12-25-18(20-14)23-8-4-5-9-23/h1-3,6-7,10,12H,4-5,8-9,11H2,(H,19,24)(H,21,22). The van der Waals surface area contributed by atoms with Gasteiger partial charge in [0, 0.05) is 24.0 Å². The first-order valence-corrected chi connectivity index (χ1v) is 9.26. The third-order valence-corrected chi connectivity index (χ3v) is 5.19. The SMILES string of the molecule is O=C(NCc1csc(N2CCCC2)n1)c1cc(-c2ccccc2)n[nH]1. The normalized spacial score (nSPS) is 14.0. The fourth-order valence-electron chi connectivity index (χ4n) is 2.89. The zero-order chi connectivity index (χ0) is 17.1. The lowest BCUT2D eigenvalue weighted by Crippen LogP contribution is -2.23. The van der Waals surface area contributed by atoms with E-state index >= 15 is 0 Å². The number of nitrogens with one attached hydrogen (secondary N) is 2. The van der Waals surface area contributed by atoms with Gasteiger partial charge < -0.3 is 10.2 Å². The molecule has 1 aromatic carbocycles. The van der Waals surface area contributed by atoms with Gasteiger partial charge in [0.2, 0.25) is 0 Å². The molecule has 0 atom stereocenters. The molecule has 3 aromatic rings. The molecule has 1 fully saturated rings. The molecule has 0 saturated carbocycles. The average molecular weight is 353 g/mol. The van der Waals surface area contributed by atoms with Crippen LogP contribution in [0.15, 0.2) is 41.8 Å². The number of hydrogen-bond donors (Lipinski definition) is 2. The highest BCUT2D eigenvalue weighted by Crippen LogP contribution is 2.24. The number of anilines is 1. The van der Waals surface area contributed by atoms with Crippen molar-refractivity contribution in [1.29, 1.82) is 0 Å². The van der Waals surface area contributed by atoms with Crippen molar-refractivity contribution >= 4 is 22.4 Å². The van der Waals surface area contributed by atoms with E-state index in [2.05, 4.69) is 25.4 Å². The molecule has 6 nitrogen and oxygen atoms in total. The summed E-state index contributed by atoms with van der Waals surface area (Å²) in [6, 6.07) is 11.5. The Labute approximate surface area is 149 Å². The number of aromatic amines is 1. The van der Waals surface area contributed by atoms with Crippen molar-refractivity contribution < 1.29 is 4.79 Å². The topological polar surface area (TPSA) is 73.9 Å². The first-order chi connectivity index (χ1) is 12.3. The van der Waals surface area contributed by atoms with Crippen molar-refractivity contribution in [2.45, 2.75) is 19.4 Å². The number of carbonyl (C=O) groups is 1. The summed E-state index contributed by atoms with van der Waals surface area (Å²) in [5.41, 5.74) is 3.08. The number of carbonyl (C=O) groups excluding carboxylic acids is 1. The Morgan fingerprint density at radius 3 is 2.84 bits per heavy atom. The first-order valence-electron chi connectivity index (χ1n) is 8.38. The quantitative estimate of drug-likeness (QED) is 0.739. The minimum Gasteiger partial charge on any atom is -0.348 e. The molecule has 0 aliphatic carbocycles. The van der Waals surface area contributed by atoms with E-state index in [-0.39, 0.29) is 5.91 Å². The zero-order valence-corrected chi connectivity index (χ0v) is 14.6. The van der Waals surface area contributed by atoms with Gasteiger partial charge in [0.15, 0.2) is 5.13 Å². The number of hydrogen-bond acceptors (Lipinski definition) is 5. The van der Waals surface area contributed by atoms with Crippen LogP contribution in [0.2, 0.25) is 0 Å². The van der Waals surface area contributed by atoms with Gasteiger partial charge in [-0.1, -0.05) is 30.3 Å². The maximum Gasteiger partial charge on any atom is 0.269 e. The molecule has 0 bridgehead atoms. The van der Waals surface area contributed by atoms with Crippen LogP contribution < -0.4 is 10.2 Å². The van der Waals surface area contributed by atoms with E-state index in [1.807, 2.05) is 35.7 Å². The van der Waals surface area contributed by atoms with Gasteiger partial charge >= 0.3 is 0 Å². The van der Waals surface area contributed by atoms with Gasteiger partial charge in [0.25, 0.3) is 5.91 Å². The average Bonchev–Trinajstić information content (AvgIpc) is 3.41. The summed E-state index contributed by atoms with van der Waals surface area (Å²) in [5, 5.41) is 13.0. The van der Waals surface area contributed by atoms with Crippen LogP contribution in [0.4, 0.5) is 5.13 Å². The summed E-state index contributed by atoms with van der Waals surface area (Å²) in [6.45, 7) is 2.58. The Kier molecular flexibility index (Phi) is 4.47. The van der Waals surface area contributed by atoms with Gasteiger partial charge in [-0.25, -0.2) is 4.98 Å². The molecule has 2 N–H and O–H groups in total. The Morgan fingerprint density at radius 1 is 1.24 bits per heavy atom. The van der Waals surface area contributed by atoms with Gasteiger partial charge in [-0.15, -0.1) is 11.3 Å². The number of nitrogens with zero attached hydrogens (tertiary/aromatic N) is 3. The predicted octanol–water partition coefficient (Wildman–Crippen LogP) is 3.06. The van der Waals surface area contributed by atoms with Crippen molar-refractivity contribution in [3.63, 3.8) is 0 Å². The third kappa shape index (κ3) is 3.56. The summed E-state index contributed by atoms with van der Waals surface area (Å²) >= 11 is 1.64. The Balaban J connectivity index is 1.37. The molecule has 0 spiro atoms. The second kappa shape index (κ2) is 7.06. The second-order valence-corrected chi connectivity index (χ2v) is 6.87. The number of thiazole rings is 1. The van der Waals surface area contributed by atoms with E-state index in [1.54, 1.807) is 17.4 Å². The molecule has 0 unspecified atom stereocenters. The molecule has 1 saturated heterocycles. The monoisotopic (exact) mass is 353 g/mol. The molecular weight excluding hydrogens is 334 g/mol. The molecule has 0 radical (unpaired) electrons. The molecule has 128 valence electrons. The van der Waals surface area contributed by atoms with Crippen LogP contribution in [-0.4, -0.2) is 34.2 Å². The Bertz CT molecular complexity index is 851. The fourth-order valence-corrected chi connectivity index (χ4v) is 3.77. The lowest BCUT2D eigenvalue weighted by atomic mass is 10.1. The predicted molar refractivity (Wildman–Crippen MR) is 98.8 cm³/mol. The Hall–Kier alpha value is -2.67. The van der Waals surface area contributed by atoms with Crippen LogP contribution in [0, 0.1) is 0 Å². The molecule has 1 amide bonds. The van der Waals surface area contributed by atoms with Crippen molar-refractivity contribution in [2.75, 3.05) is 18.0 Å². The van der Waals surface area contributed by atoms with E-state index in [4.69, 9.17) is 0 Å². The smallest absolute Gasteiger partial charge is 0.269 e. The van der Waals surface area contributed by atoms with Crippen molar-refractivity contribution in [3.8, 4) is 11.3 Å². The fraction of sp³-hybridized carbons (Fsp3) is 0.278. The number of aromatic nitrogens is 3. The van der Waals surface area contributed by atoms with Crippen LogP contribution in [-0.2, 0) is 6.54 Å². The largest absolute Gasteiger partial charge is 0.348 e. The van der Waals surface area contributed by atoms with E-state index in [1.165, 1.54) is 12.8 Å². The number of benzene rings is 1. The molecule has 1 aliphatic heterocycles. The first kappa shape index (κ1) is 15.8. The highest BCUT2D eigenvalue weighted by molar-refractivity contribution is 7.13. The maximum absolute atomic E-state index is 12.3. The summed E-state index contributed by atoms with van der Waals surface area (Å²) in [4.78, 5) is 19.2. The molecule has 7 heteroatoms. The minimum atomic E-state index is -0.176. The van der Waals surface area contributed by atoms with Gasteiger partial charge in [-0.2, -0.15) is 5.10 Å². The van der Waals surface area contributed by atoms with Crippen LogP contribution in [0.3, 0.4) is 0 Å². The number of H-pyrrole nitrogens is 1. The minimum absolute atomic E-state index is 0.176. The van der Waals surface area contributed by atoms with Crippen molar-refractivity contribution in [3.05, 3.63) is 53.2 Å². The molecule has 1 aliphatic rings.